The summed E-state index contributed by atoms with van der Waals surface area (Å²) in [6.45, 7) is 2.47. The average molecular weight is 301 g/mol. The Labute approximate surface area is 131 Å². The highest BCUT2D eigenvalue weighted by Crippen LogP contribution is 2.08. The molecule has 0 aliphatic heterocycles. The summed E-state index contributed by atoms with van der Waals surface area (Å²) in [4.78, 5) is 17.1. The molecule has 1 aromatic heterocycles. The van der Waals surface area contributed by atoms with Gasteiger partial charge in [0.25, 0.3) is 0 Å². The Hall–Kier alpha value is -2.14. The first kappa shape index (κ1) is 16.2. The van der Waals surface area contributed by atoms with Crippen molar-refractivity contribution in [3.05, 3.63) is 54.1 Å². The molecule has 1 aromatic carbocycles. The maximum atomic E-state index is 10.5. The molecule has 0 radical (unpaired) electrons. The standard InChI is InChI=1S/C17H23N3O2/c1-19(11-6-5-9-17(21)22)14-16-18-10-12-20(16)13-15-7-3-2-4-8-15/h2-4,7-8,10,12H,5-6,9,11,13-14H2,1H3,(H,21,22). The van der Waals surface area contributed by atoms with Crippen LogP contribution in [0, 0.1) is 0 Å². The van der Waals surface area contributed by atoms with E-state index in [9.17, 15) is 4.79 Å². The first-order valence-corrected chi connectivity index (χ1v) is 7.59. The number of aliphatic carboxylic acids is 1. The van der Waals surface area contributed by atoms with Gasteiger partial charge >= 0.3 is 5.97 Å². The predicted octanol–water partition coefficient (Wildman–Crippen LogP) is 2.62. The minimum atomic E-state index is -0.721. The van der Waals surface area contributed by atoms with Crippen molar-refractivity contribution in [1.82, 2.24) is 14.5 Å². The molecule has 0 saturated heterocycles. The van der Waals surface area contributed by atoms with Gasteiger partial charge in [-0.3, -0.25) is 9.69 Å². The van der Waals surface area contributed by atoms with Gasteiger partial charge in [0.2, 0.25) is 0 Å². The molecule has 0 fully saturated rings. The van der Waals surface area contributed by atoms with E-state index in [1.165, 1.54) is 5.56 Å². The Kier molecular flexibility index (Phi) is 6.15. The van der Waals surface area contributed by atoms with Gasteiger partial charge in [-0.05, 0) is 32.0 Å². The Morgan fingerprint density at radius 3 is 2.77 bits per heavy atom. The smallest absolute Gasteiger partial charge is 0.303 e. The Bertz CT molecular complexity index is 581. The van der Waals surface area contributed by atoms with Gasteiger partial charge < -0.3 is 9.67 Å². The van der Waals surface area contributed by atoms with E-state index in [4.69, 9.17) is 5.11 Å². The second kappa shape index (κ2) is 8.34. The van der Waals surface area contributed by atoms with Gasteiger partial charge in [-0.25, -0.2) is 4.98 Å². The summed E-state index contributed by atoms with van der Waals surface area (Å²) in [5.41, 5.74) is 1.26. The van der Waals surface area contributed by atoms with Crippen LogP contribution in [0.2, 0.25) is 0 Å². The van der Waals surface area contributed by atoms with Crippen LogP contribution in [0.25, 0.3) is 0 Å². The highest BCUT2D eigenvalue weighted by atomic mass is 16.4. The lowest BCUT2D eigenvalue weighted by Crippen LogP contribution is -2.22. The molecular weight excluding hydrogens is 278 g/mol. The largest absolute Gasteiger partial charge is 0.481 e. The lowest BCUT2D eigenvalue weighted by molar-refractivity contribution is -0.137. The Morgan fingerprint density at radius 2 is 2.05 bits per heavy atom. The van der Waals surface area contributed by atoms with Crippen molar-refractivity contribution in [3.63, 3.8) is 0 Å². The number of hydrogen-bond donors (Lipinski definition) is 1. The Balaban J connectivity index is 1.83. The van der Waals surface area contributed by atoms with Crippen molar-refractivity contribution >= 4 is 5.97 Å². The van der Waals surface area contributed by atoms with Crippen LogP contribution < -0.4 is 0 Å². The summed E-state index contributed by atoms with van der Waals surface area (Å²) in [5, 5.41) is 8.64. The number of rotatable bonds is 9. The highest BCUT2D eigenvalue weighted by molar-refractivity contribution is 5.66. The second-order valence-corrected chi connectivity index (χ2v) is 5.55. The molecule has 0 amide bonds. The summed E-state index contributed by atoms with van der Waals surface area (Å²) >= 11 is 0. The third-order valence-electron chi connectivity index (χ3n) is 3.59. The lowest BCUT2D eigenvalue weighted by Gasteiger charge is -2.17. The summed E-state index contributed by atoms with van der Waals surface area (Å²) in [7, 11) is 2.04. The molecule has 5 nitrogen and oxygen atoms in total. The molecule has 0 aliphatic rings. The normalized spacial score (nSPS) is 11.0. The number of carbonyl (C=O) groups is 1. The summed E-state index contributed by atoms with van der Waals surface area (Å²) in [6.07, 6.45) is 5.69. The second-order valence-electron chi connectivity index (χ2n) is 5.55. The molecule has 0 aliphatic carbocycles. The maximum absolute atomic E-state index is 10.5. The predicted molar refractivity (Wildman–Crippen MR) is 85.6 cm³/mol. The number of carboxylic acids is 1. The van der Waals surface area contributed by atoms with E-state index in [-0.39, 0.29) is 6.42 Å². The molecular formula is C17H23N3O2. The van der Waals surface area contributed by atoms with E-state index in [1.807, 2.05) is 37.6 Å². The minimum Gasteiger partial charge on any atom is -0.481 e. The zero-order chi connectivity index (χ0) is 15.8. The zero-order valence-electron chi connectivity index (χ0n) is 13.0. The van der Waals surface area contributed by atoms with E-state index in [0.717, 1.165) is 38.3 Å². The van der Waals surface area contributed by atoms with E-state index in [2.05, 4.69) is 26.6 Å². The number of aromatic nitrogens is 2. The molecule has 0 atom stereocenters. The molecule has 1 N–H and O–H groups in total. The molecule has 0 saturated carbocycles. The molecule has 2 rings (SSSR count). The average Bonchev–Trinajstić information content (AvgIpc) is 2.91. The van der Waals surface area contributed by atoms with Crippen molar-refractivity contribution in [2.45, 2.75) is 32.4 Å². The number of benzene rings is 1. The van der Waals surface area contributed by atoms with Crippen LogP contribution in [0.4, 0.5) is 0 Å². The number of imidazole rings is 1. The fourth-order valence-corrected chi connectivity index (χ4v) is 2.39. The van der Waals surface area contributed by atoms with E-state index >= 15 is 0 Å². The van der Waals surface area contributed by atoms with Gasteiger partial charge in [-0.2, -0.15) is 0 Å². The molecule has 118 valence electrons. The number of carboxylic acid groups (broad SMARTS) is 1. The SMILES string of the molecule is CN(CCCCC(=O)O)Cc1nccn1Cc1ccccc1. The number of unbranched alkanes of at least 4 members (excludes halogenated alkanes) is 1. The van der Waals surface area contributed by atoms with Crippen LogP contribution in [0.5, 0.6) is 0 Å². The third-order valence-corrected chi connectivity index (χ3v) is 3.59. The van der Waals surface area contributed by atoms with Crippen LogP contribution in [0.3, 0.4) is 0 Å². The quantitative estimate of drug-likeness (QED) is 0.723. The fraction of sp³-hybridized carbons (Fsp3) is 0.412. The maximum Gasteiger partial charge on any atom is 0.303 e. The summed E-state index contributed by atoms with van der Waals surface area (Å²) < 4.78 is 2.16. The van der Waals surface area contributed by atoms with E-state index in [1.54, 1.807) is 0 Å². The van der Waals surface area contributed by atoms with Crippen LogP contribution in [0.1, 0.15) is 30.7 Å². The molecule has 0 unspecified atom stereocenters. The van der Waals surface area contributed by atoms with Crippen molar-refractivity contribution in [2.75, 3.05) is 13.6 Å². The van der Waals surface area contributed by atoms with Gasteiger partial charge in [0, 0.05) is 25.4 Å². The van der Waals surface area contributed by atoms with Gasteiger partial charge in [-0.15, -0.1) is 0 Å². The molecule has 0 bridgehead atoms. The molecule has 22 heavy (non-hydrogen) atoms. The summed E-state index contributed by atoms with van der Waals surface area (Å²) in [5.74, 6) is 0.311. The van der Waals surface area contributed by atoms with Crippen molar-refractivity contribution < 1.29 is 9.90 Å². The van der Waals surface area contributed by atoms with Crippen LogP contribution in [-0.4, -0.2) is 39.1 Å². The topological polar surface area (TPSA) is 58.4 Å². The summed E-state index contributed by atoms with van der Waals surface area (Å²) in [6, 6.07) is 10.3. The Morgan fingerprint density at radius 1 is 1.27 bits per heavy atom. The van der Waals surface area contributed by atoms with E-state index in [0.29, 0.717) is 0 Å². The van der Waals surface area contributed by atoms with E-state index < -0.39 is 5.97 Å². The van der Waals surface area contributed by atoms with Gasteiger partial charge in [0.15, 0.2) is 0 Å². The number of hydrogen-bond acceptors (Lipinski definition) is 3. The third kappa shape index (κ3) is 5.33. The first-order chi connectivity index (χ1) is 10.6. The molecule has 0 spiro atoms. The van der Waals surface area contributed by atoms with Crippen molar-refractivity contribution in [2.24, 2.45) is 0 Å². The van der Waals surface area contributed by atoms with Gasteiger partial charge in [-0.1, -0.05) is 30.3 Å². The fourth-order valence-electron chi connectivity index (χ4n) is 2.39. The van der Waals surface area contributed by atoms with Gasteiger partial charge in [0.05, 0.1) is 6.54 Å². The van der Waals surface area contributed by atoms with Crippen LogP contribution in [0.15, 0.2) is 42.7 Å². The molecule has 1 heterocycles. The van der Waals surface area contributed by atoms with Crippen LogP contribution >= 0.6 is 0 Å². The first-order valence-electron chi connectivity index (χ1n) is 7.59. The van der Waals surface area contributed by atoms with Gasteiger partial charge in [0.1, 0.15) is 5.82 Å². The number of nitrogens with zero attached hydrogens (tertiary/aromatic N) is 3. The lowest BCUT2D eigenvalue weighted by atomic mass is 10.2. The minimum absolute atomic E-state index is 0.247. The van der Waals surface area contributed by atoms with Crippen molar-refractivity contribution in [3.8, 4) is 0 Å². The molecule has 5 heteroatoms. The zero-order valence-corrected chi connectivity index (χ0v) is 13.0. The molecule has 2 aromatic rings. The van der Waals surface area contributed by atoms with Crippen LogP contribution in [-0.2, 0) is 17.9 Å². The monoisotopic (exact) mass is 301 g/mol. The van der Waals surface area contributed by atoms with Crippen molar-refractivity contribution in [1.29, 1.82) is 0 Å². The highest BCUT2D eigenvalue weighted by Gasteiger charge is 2.07.